The number of anilines is 1. The maximum absolute atomic E-state index is 14.4. The van der Waals surface area contributed by atoms with E-state index in [2.05, 4.69) is 43.7 Å². The van der Waals surface area contributed by atoms with Crippen LogP contribution in [0.3, 0.4) is 0 Å². The molecule has 0 radical (unpaired) electrons. The van der Waals surface area contributed by atoms with Crippen molar-refractivity contribution in [2.75, 3.05) is 18.0 Å². The van der Waals surface area contributed by atoms with Gasteiger partial charge < -0.3 is 19.0 Å². The molecular formula is C36H48F3N3O3SSi. The molecular weight excluding hydrogens is 640 g/mol. The molecule has 2 fully saturated rings. The summed E-state index contributed by atoms with van der Waals surface area (Å²) >= 11 is 1.56. The lowest BCUT2D eigenvalue weighted by molar-refractivity contribution is -0.137. The maximum Gasteiger partial charge on any atom is 0.416 e. The zero-order valence-corrected chi connectivity index (χ0v) is 30.8. The van der Waals surface area contributed by atoms with Gasteiger partial charge in [0.05, 0.1) is 22.4 Å². The third-order valence-corrected chi connectivity index (χ3v) is 16.3. The molecule has 3 aliphatic rings. The fraction of sp³-hybridized carbons (Fsp3) is 0.611. The van der Waals surface area contributed by atoms with Crippen molar-refractivity contribution in [3.8, 4) is 11.1 Å². The lowest BCUT2D eigenvalue weighted by Gasteiger charge is -2.45. The number of hydrogen-bond donors (Lipinski definition) is 0. The van der Waals surface area contributed by atoms with E-state index < -0.39 is 25.7 Å². The highest BCUT2D eigenvalue weighted by molar-refractivity contribution is 7.19. The number of pyridine rings is 1. The fourth-order valence-electron chi connectivity index (χ4n) is 7.12. The number of ether oxygens (including phenoxy) is 1. The molecule has 256 valence electrons. The van der Waals surface area contributed by atoms with Gasteiger partial charge in [-0.1, -0.05) is 20.8 Å². The second-order valence-electron chi connectivity index (χ2n) is 16.2. The number of nitrogens with zero attached hydrogens (tertiary/aromatic N) is 3. The second kappa shape index (κ2) is 11.8. The highest BCUT2D eigenvalue weighted by Gasteiger charge is 2.54. The zero-order valence-electron chi connectivity index (χ0n) is 28.9. The second-order valence-corrected chi connectivity index (χ2v) is 22.1. The van der Waals surface area contributed by atoms with Crippen molar-refractivity contribution in [3.63, 3.8) is 0 Å². The summed E-state index contributed by atoms with van der Waals surface area (Å²) in [6.45, 7) is 18.3. The number of carbonyl (C=O) groups is 1. The molecule has 11 heteroatoms. The number of rotatable bonds is 5. The monoisotopic (exact) mass is 687 g/mol. The number of likely N-dealkylation sites (tertiary alicyclic amines) is 1. The van der Waals surface area contributed by atoms with Crippen LogP contribution in [0.1, 0.15) is 89.7 Å². The molecule has 2 aromatic heterocycles. The van der Waals surface area contributed by atoms with Gasteiger partial charge in [-0.15, -0.1) is 11.3 Å². The van der Waals surface area contributed by atoms with Gasteiger partial charge in [0, 0.05) is 52.6 Å². The van der Waals surface area contributed by atoms with Crippen molar-refractivity contribution in [3.05, 3.63) is 46.5 Å². The predicted molar refractivity (Wildman–Crippen MR) is 186 cm³/mol. The first-order valence-corrected chi connectivity index (χ1v) is 20.5. The Morgan fingerprint density at radius 2 is 1.79 bits per heavy atom. The summed E-state index contributed by atoms with van der Waals surface area (Å²) in [5.41, 5.74) is 2.17. The molecule has 1 saturated heterocycles. The molecule has 6 nitrogen and oxygen atoms in total. The first-order valence-electron chi connectivity index (χ1n) is 16.8. The Hall–Kier alpha value is -2.63. The SMILES string of the molecule is CC(C)(C)OC(=O)N1CC(N2CCCc3cc(C(F)(F)F)cc(-c4ccnc5cc(CO[Si](C)(C)C(C)(C)C)sc45)c32)CC12CCC2. The van der Waals surface area contributed by atoms with Crippen LogP contribution in [0, 0.1) is 0 Å². The quantitative estimate of drug-likeness (QED) is 0.250. The molecule has 1 spiro atoms. The normalized spacial score (nSPS) is 20.1. The van der Waals surface area contributed by atoms with Crippen LogP contribution in [-0.4, -0.2) is 54.6 Å². The average molecular weight is 688 g/mol. The van der Waals surface area contributed by atoms with Crippen LogP contribution < -0.4 is 4.90 Å². The van der Waals surface area contributed by atoms with E-state index in [0.717, 1.165) is 65.0 Å². The van der Waals surface area contributed by atoms with Crippen molar-refractivity contribution in [1.82, 2.24) is 9.88 Å². The summed E-state index contributed by atoms with van der Waals surface area (Å²) in [6, 6.07) is 6.53. The fourth-order valence-corrected chi connectivity index (χ4v) is 9.23. The molecule has 1 aliphatic carbocycles. The van der Waals surface area contributed by atoms with E-state index in [-0.39, 0.29) is 22.7 Å². The topological polar surface area (TPSA) is 54.9 Å². The smallest absolute Gasteiger partial charge is 0.416 e. The van der Waals surface area contributed by atoms with Crippen LogP contribution in [0.4, 0.5) is 23.7 Å². The minimum absolute atomic E-state index is 0.0217. The highest BCUT2D eigenvalue weighted by atomic mass is 32.1. The number of benzene rings is 1. The highest BCUT2D eigenvalue weighted by Crippen LogP contribution is 2.51. The van der Waals surface area contributed by atoms with E-state index >= 15 is 0 Å². The van der Waals surface area contributed by atoms with Crippen molar-refractivity contribution in [2.45, 2.75) is 128 Å². The number of aromatic nitrogens is 1. The van der Waals surface area contributed by atoms with Gasteiger partial charge >= 0.3 is 12.3 Å². The third-order valence-electron chi connectivity index (χ3n) is 10.7. The number of amides is 1. The van der Waals surface area contributed by atoms with Gasteiger partial charge in [0.25, 0.3) is 0 Å². The van der Waals surface area contributed by atoms with E-state index in [9.17, 15) is 18.0 Å². The van der Waals surface area contributed by atoms with Crippen LogP contribution in [0.15, 0.2) is 30.5 Å². The van der Waals surface area contributed by atoms with Gasteiger partial charge in [-0.05, 0) is 107 Å². The standard InChI is InChI=1S/C36H48F3N3O3SSi/c1-33(2,3)45-32(43)42-21-25(20-35(42)13-10-14-35)41-16-9-11-23-17-24(36(37,38)39)18-28(30(23)41)27-12-15-40-29-19-26(46-31(27)29)22-44-47(7,8)34(4,5)6/h12,15,17-19,25H,9-11,13-14,16,20-22H2,1-8H3. The number of fused-ring (bicyclic) bond motifs is 2. The minimum Gasteiger partial charge on any atom is -0.444 e. The Bertz CT molecular complexity index is 1670. The molecule has 2 aliphatic heterocycles. The number of carbonyl (C=O) groups excluding carboxylic acids is 1. The molecule has 1 unspecified atom stereocenters. The van der Waals surface area contributed by atoms with Crippen LogP contribution in [0.5, 0.6) is 0 Å². The summed E-state index contributed by atoms with van der Waals surface area (Å²) < 4.78 is 56.5. The predicted octanol–water partition coefficient (Wildman–Crippen LogP) is 10.2. The van der Waals surface area contributed by atoms with Crippen LogP contribution in [0.25, 0.3) is 21.3 Å². The largest absolute Gasteiger partial charge is 0.444 e. The summed E-state index contributed by atoms with van der Waals surface area (Å²) in [4.78, 5) is 23.3. The molecule has 4 heterocycles. The van der Waals surface area contributed by atoms with Gasteiger partial charge in [-0.25, -0.2) is 4.79 Å². The lowest BCUT2D eigenvalue weighted by atomic mass is 9.74. The van der Waals surface area contributed by atoms with Crippen molar-refractivity contribution in [2.24, 2.45) is 0 Å². The van der Waals surface area contributed by atoms with Crippen LogP contribution in [0.2, 0.25) is 18.1 Å². The lowest BCUT2D eigenvalue weighted by Crippen LogP contribution is -2.53. The molecule has 0 N–H and O–H groups in total. The molecule has 6 rings (SSSR count). The van der Waals surface area contributed by atoms with Crippen molar-refractivity contribution in [1.29, 1.82) is 0 Å². The third kappa shape index (κ3) is 6.56. The number of alkyl halides is 3. The molecule has 1 aromatic carbocycles. The first-order chi connectivity index (χ1) is 21.8. The number of aryl methyl sites for hydroxylation is 1. The molecule has 1 amide bonds. The Labute approximate surface area is 281 Å². The van der Waals surface area contributed by atoms with Gasteiger partial charge in [0.1, 0.15) is 5.60 Å². The van der Waals surface area contributed by atoms with Crippen molar-refractivity contribution >= 4 is 41.7 Å². The Morgan fingerprint density at radius 1 is 1.06 bits per heavy atom. The Kier molecular flexibility index (Phi) is 8.56. The van der Waals surface area contributed by atoms with Gasteiger partial charge in [0.2, 0.25) is 0 Å². The molecule has 1 saturated carbocycles. The van der Waals surface area contributed by atoms with Crippen molar-refractivity contribution < 1.29 is 27.1 Å². The summed E-state index contributed by atoms with van der Waals surface area (Å²) in [6.07, 6.45) is 1.92. The van der Waals surface area contributed by atoms with Crippen LogP contribution >= 0.6 is 11.3 Å². The number of thiophene rings is 1. The zero-order chi connectivity index (χ0) is 34.2. The molecule has 3 aromatic rings. The summed E-state index contributed by atoms with van der Waals surface area (Å²) in [7, 11) is -2.01. The summed E-state index contributed by atoms with van der Waals surface area (Å²) in [5.74, 6) is 0. The van der Waals surface area contributed by atoms with Crippen LogP contribution in [-0.2, 0) is 28.4 Å². The molecule has 47 heavy (non-hydrogen) atoms. The van der Waals surface area contributed by atoms with E-state index in [1.807, 2.05) is 37.8 Å². The molecule has 0 bridgehead atoms. The van der Waals surface area contributed by atoms with E-state index in [4.69, 9.17) is 9.16 Å². The van der Waals surface area contributed by atoms with Gasteiger partial charge in [-0.3, -0.25) is 4.98 Å². The number of hydrogen-bond acceptors (Lipinski definition) is 6. The maximum atomic E-state index is 14.4. The molecule has 1 atom stereocenters. The average Bonchev–Trinajstić information content (AvgIpc) is 3.56. The number of halogens is 3. The minimum atomic E-state index is -4.48. The Balaban J connectivity index is 1.42. The van der Waals surface area contributed by atoms with E-state index in [0.29, 0.717) is 30.7 Å². The Morgan fingerprint density at radius 3 is 2.40 bits per heavy atom. The van der Waals surface area contributed by atoms with E-state index in [1.165, 1.54) is 12.1 Å². The van der Waals surface area contributed by atoms with E-state index in [1.54, 1.807) is 17.5 Å². The van der Waals surface area contributed by atoms with Gasteiger partial charge in [-0.2, -0.15) is 13.2 Å². The summed E-state index contributed by atoms with van der Waals surface area (Å²) in [5, 5.41) is 0.0605. The van der Waals surface area contributed by atoms with Gasteiger partial charge in [0.15, 0.2) is 8.32 Å². The first kappa shape index (κ1) is 34.2.